The minimum absolute atomic E-state index is 0.864. The van der Waals surface area contributed by atoms with Crippen molar-refractivity contribution in [1.29, 1.82) is 0 Å². The number of hydrogen-bond acceptors (Lipinski definition) is 2. The quantitative estimate of drug-likeness (QED) is 0.490. The van der Waals surface area contributed by atoms with Gasteiger partial charge < -0.3 is 11.1 Å². The van der Waals surface area contributed by atoms with Gasteiger partial charge in [-0.05, 0) is 38.9 Å². The highest BCUT2D eigenvalue weighted by atomic mass is 14.8. The smallest absolute Gasteiger partial charge is 0.00489 e. The second kappa shape index (κ2) is 13.9. The lowest BCUT2D eigenvalue weighted by Gasteiger charge is -2.03. The zero-order valence-electron chi connectivity index (χ0n) is 10.6. The van der Waals surface area contributed by atoms with E-state index in [4.69, 9.17) is 5.73 Å². The molecule has 15 heavy (non-hydrogen) atoms. The van der Waals surface area contributed by atoms with Crippen LogP contribution >= 0.6 is 0 Å². The van der Waals surface area contributed by atoms with Gasteiger partial charge in [-0.1, -0.05) is 45.4 Å². The van der Waals surface area contributed by atoms with Crippen molar-refractivity contribution in [3.8, 4) is 0 Å². The van der Waals surface area contributed by atoms with Gasteiger partial charge in [-0.25, -0.2) is 0 Å². The van der Waals surface area contributed by atoms with E-state index in [1.54, 1.807) is 0 Å². The molecule has 0 atom stereocenters. The van der Waals surface area contributed by atoms with Crippen molar-refractivity contribution in [3.63, 3.8) is 0 Å². The van der Waals surface area contributed by atoms with Crippen LogP contribution in [0.25, 0.3) is 0 Å². The summed E-state index contributed by atoms with van der Waals surface area (Å²) in [5.74, 6) is 0. The van der Waals surface area contributed by atoms with Gasteiger partial charge in [0.2, 0.25) is 0 Å². The van der Waals surface area contributed by atoms with Crippen molar-refractivity contribution in [3.05, 3.63) is 0 Å². The zero-order valence-corrected chi connectivity index (χ0v) is 10.6. The van der Waals surface area contributed by atoms with Crippen LogP contribution in [-0.4, -0.2) is 19.6 Å². The molecule has 0 rings (SSSR count). The van der Waals surface area contributed by atoms with Crippen LogP contribution in [0, 0.1) is 0 Å². The van der Waals surface area contributed by atoms with Gasteiger partial charge in [0.15, 0.2) is 0 Å². The Morgan fingerprint density at radius 2 is 1.27 bits per heavy atom. The Kier molecular flexibility index (Phi) is 13.8. The van der Waals surface area contributed by atoms with E-state index in [0.717, 1.165) is 6.54 Å². The zero-order chi connectivity index (χ0) is 11.2. The molecule has 0 aromatic heterocycles. The van der Waals surface area contributed by atoms with Gasteiger partial charge in [0.25, 0.3) is 0 Å². The fraction of sp³-hybridized carbons (Fsp3) is 1.00. The molecule has 0 amide bonds. The van der Waals surface area contributed by atoms with Crippen LogP contribution in [0.4, 0.5) is 0 Å². The largest absolute Gasteiger partial charge is 0.330 e. The van der Waals surface area contributed by atoms with Crippen LogP contribution in [-0.2, 0) is 0 Å². The standard InChI is InChI=1S/C13H30N2/c1-2-12-15-13-10-8-6-4-3-5-7-9-11-14/h15H,2-14H2,1H3. The monoisotopic (exact) mass is 214 g/mol. The molecule has 0 heterocycles. The van der Waals surface area contributed by atoms with Gasteiger partial charge in [-0.3, -0.25) is 0 Å². The summed E-state index contributed by atoms with van der Waals surface area (Å²) in [4.78, 5) is 0. The average molecular weight is 214 g/mol. The maximum Gasteiger partial charge on any atom is -0.00489 e. The van der Waals surface area contributed by atoms with Crippen LogP contribution in [0.5, 0.6) is 0 Å². The molecule has 3 N–H and O–H groups in total. The molecule has 92 valence electrons. The normalized spacial score (nSPS) is 10.8. The lowest BCUT2D eigenvalue weighted by molar-refractivity contribution is 0.551. The van der Waals surface area contributed by atoms with Crippen LogP contribution in [0.1, 0.15) is 64.7 Å². The first-order chi connectivity index (χ1) is 7.41. The average Bonchev–Trinajstić information content (AvgIpc) is 2.26. The first-order valence-electron chi connectivity index (χ1n) is 6.82. The van der Waals surface area contributed by atoms with Crippen molar-refractivity contribution in [2.75, 3.05) is 19.6 Å². The van der Waals surface area contributed by atoms with Crippen LogP contribution < -0.4 is 11.1 Å². The summed E-state index contributed by atoms with van der Waals surface area (Å²) in [7, 11) is 0. The number of unbranched alkanes of at least 4 members (excludes halogenated alkanes) is 7. The van der Waals surface area contributed by atoms with Gasteiger partial charge in [-0.15, -0.1) is 0 Å². The molecule has 0 aliphatic heterocycles. The lowest BCUT2D eigenvalue weighted by Crippen LogP contribution is -2.15. The number of hydrogen-bond donors (Lipinski definition) is 2. The third-order valence-electron chi connectivity index (χ3n) is 2.73. The Hall–Kier alpha value is -0.0800. The Balaban J connectivity index is 2.81. The van der Waals surface area contributed by atoms with Gasteiger partial charge in [0.05, 0.1) is 0 Å². The Labute approximate surface area is 96.0 Å². The van der Waals surface area contributed by atoms with Gasteiger partial charge in [0, 0.05) is 0 Å². The summed E-state index contributed by atoms with van der Waals surface area (Å²) < 4.78 is 0. The van der Waals surface area contributed by atoms with Crippen molar-refractivity contribution < 1.29 is 0 Å². The number of nitrogens with one attached hydrogen (secondary N) is 1. The molecule has 0 fully saturated rings. The number of rotatable bonds is 12. The van der Waals surface area contributed by atoms with Gasteiger partial charge in [0.1, 0.15) is 0 Å². The summed E-state index contributed by atoms with van der Waals surface area (Å²) in [5.41, 5.74) is 5.44. The van der Waals surface area contributed by atoms with Crippen LogP contribution in [0.15, 0.2) is 0 Å². The summed E-state index contributed by atoms with van der Waals surface area (Å²) >= 11 is 0. The van der Waals surface area contributed by atoms with E-state index in [1.165, 1.54) is 70.9 Å². The summed E-state index contributed by atoms with van der Waals surface area (Å²) in [6.45, 7) is 5.47. The first-order valence-corrected chi connectivity index (χ1v) is 6.82. The predicted molar refractivity (Wildman–Crippen MR) is 69.2 cm³/mol. The van der Waals surface area contributed by atoms with Crippen LogP contribution in [0.2, 0.25) is 0 Å². The predicted octanol–water partition coefficient (Wildman–Crippen LogP) is 3.07. The number of nitrogens with two attached hydrogens (primary N) is 1. The molecule has 0 aliphatic carbocycles. The maximum absolute atomic E-state index is 5.44. The molecule has 0 radical (unpaired) electrons. The van der Waals surface area contributed by atoms with E-state index in [-0.39, 0.29) is 0 Å². The topological polar surface area (TPSA) is 38.0 Å². The fourth-order valence-electron chi connectivity index (χ4n) is 1.76. The van der Waals surface area contributed by atoms with Crippen molar-refractivity contribution in [2.45, 2.75) is 64.7 Å². The highest BCUT2D eigenvalue weighted by Crippen LogP contribution is 2.07. The molecule has 0 saturated carbocycles. The molecule has 0 bridgehead atoms. The Morgan fingerprint density at radius 3 is 1.80 bits per heavy atom. The van der Waals surface area contributed by atoms with E-state index in [1.807, 2.05) is 0 Å². The maximum atomic E-state index is 5.44. The van der Waals surface area contributed by atoms with E-state index < -0.39 is 0 Å². The fourth-order valence-corrected chi connectivity index (χ4v) is 1.76. The summed E-state index contributed by atoms with van der Waals surface area (Å²) in [6, 6.07) is 0. The molecule has 2 heteroatoms. The summed E-state index contributed by atoms with van der Waals surface area (Å²) in [6.07, 6.45) is 12.1. The van der Waals surface area contributed by atoms with Gasteiger partial charge >= 0.3 is 0 Å². The minimum atomic E-state index is 0.864. The van der Waals surface area contributed by atoms with Crippen molar-refractivity contribution >= 4 is 0 Å². The molecule has 0 aliphatic rings. The first kappa shape index (κ1) is 14.9. The van der Waals surface area contributed by atoms with E-state index in [0.29, 0.717) is 0 Å². The van der Waals surface area contributed by atoms with E-state index in [9.17, 15) is 0 Å². The Morgan fingerprint density at radius 1 is 0.733 bits per heavy atom. The minimum Gasteiger partial charge on any atom is -0.330 e. The molecule has 0 unspecified atom stereocenters. The van der Waals surface area contributed by atoms with E-state index >= 15 is 0 Å². The van der Waals surface area contributed by atoms with Crippen LogP contribution in [0.3, 0.4) is 0 Å². The second-order valence-corrected chi connectivity index (χ2v) is 4.37. The molecule has 0 saturated heterocycles. The van der Waals surface area contributed by atoms with Gasteiger partial charge in [-0.2, -0.15) is 0 Å². The third-order valence-corrected chi connectivity index (χ3v) is 2.73. The highest BCUT2D eigenvalue weighted by Gasteiger charge is 1.91. The lowest BCUT2D eigenvalue weighted by atomic mass is 10.1. The molecular weight excluding hydrogens is 184 g/mol. The molecule has 0 spiro atoms. The van der Waals surface area contributed by atoms with Crippen molar-refractivity contribution in [1.82, 2.24) is 5.32 Å². The molecule has 2 nitrogen and oxygen atoms in total. The SMILES string of the molecule is CCCNCCCCCCCCCCN. The summed E-state index contributed by atoms with van der Waals surface area (Å²) in [5, 5.41) is 3.44. The molecule has 0 aromatic rings. The highest BCUT2D eigenvalue weighted by molar-refractivity contribution is 4.50. The molecular formula is C13H30N2. The Bertz CT molecular complexity index is 92.7. The molecule has 0 aromatic carbocycles. The van der Waals surface area contributed by atoms with Crippen molar-refractivity contribution in [2.24, 2.45) is 5.73 Å². The second-order valence-electron chi connectivity index (χ2n) is 4.37. The third kappa shape index (κ3) is 13.9. The van der Waals surface area contributed by atoms with E-state index in [2.05, 4.69) is 12.2 Å².